The van der Waals surface area contributed by atoms with Crippen molar-refractivity contribution in [1.29, 1.82) is 0 Å². The smallest absolute Gasteiger partial charge is 0.179 e. The van der Waals surface area contributed by atoms with Crippen LogP contribution < -0.4 is 10.5 Å². The maximum absolute atomic E-state index is 14.1. The number of ether oxygens (including phenoxy) is 1. The molecule has 5 heteroatoms. The lowest BCUT2D eigenvalue weighted by atomic mass is 9.77. The average Bonchev–Trinajstić information content (AvgIpc) is 2.48. The van der Waals surface area contributed by atoms with Crippen LogP contribution in [0.15, 0.2) is 36.4 Å². The van der Waals surface area contributed by atoms with Crippen LogP contribution in [0.4, 0.5) is 14.5 Å². The predicted octanol–water partition coefficient (Wildman–Crippen LogP) is 3.72. The molecule has 3 nitrogen and oxygen atoms in total. The van der Waals surface area contributed by atoms with Gasteiger partial charge in [0.1, 0.15) is 17.4 Å². The largest absolute Gasteiger partial charge is 0.496 e. The zero-order valence-corrected chi connectivity index (χ0v) is 12.6. The highest BCUT2D eigenvalue weighted by atomic mass is 19.1. The average molecular weight is 305 g/mol. The second-order valence-electron chi connectivity index (χ2n) is 5.51. The second kappa shape index (κ2) is 5.75. The number of carbonyl (C=O) groups excluding carboxylic acids is 1. The van der Waals surface area contributed by atoms with Crippen LogP contribution in [0.1, 0.15) is 29.8 Å². The Morgan fingerprint density at radius 2 is 1.82 bits per heavy atom. The van der Waals surface area contributed by atoms with E-state index in [0.29, 0.717) is 5.56 Å². The lowest BCUT2D eigenvalue weighted by Crippen LogP contribution is -2.30. The second-order valence-corrected chi connectivity index (χ2v) is 5.51. The van der Waals surface area contributed by atoms with Crippen LogP contribution in [-0.2, 0) is 5.41 Å². The number of carbonyl (C=O) groups is 1. The molecule has 0 heterocycles. The van der Waals surface area contributed by atoms with E-state index in [1.807, 2.05) is 0 Å². The summed E-state index contributed by atoms with van der Waals surface area (Å²) < 4.78 is 32.5. The van der Waals surface area contributed by atoms with E-state index in [0.717, 1.165) is 0 Å². The quantitative estimate of drug-likeness (QED) is 0.692. The van der Waals surface area contributed by atoms with Gasteiger partial charge in [-0.2, -0.15) is 0 Å². The molecule has 2 N–H and O–H groups in total. The Morgan fingerprint density at radius 3 is 2.41 bits per heavy atom. The van der Waals surface area contributed by atoms with Gasteiger partial charge in [0.05, 0.1) is 23.8 Å². The van der Waals surface area contributed by atoms with E-state index in [9.17, 15) is 13.6 Å². The Balaban J connectivity index is 2.54. The molecule has 0 radical (unpaired) electrons. The first-order chi connectivity index (χ1) is 10.3. The Kier molecular flexibility index (Phi) is 4.17. The molecule has 2 aromatic rings. The summed E-state index contributed by atoms with van der Waals surface area (Å²) in [6.07, 6.45) is 0. The number of halogens is 2. The van der Waals surface area contributed by atoms with Crippen LogP contribution in [-0.4, -0.2) is 12.9 Å². The van der Waals surface area contributed by atoms with Gasteiger partial charge in [0.25, 0.3) is 0 Å². The minimum Gasteiger partial charge on any atom is -0.496 e. The number of ketones is 1. The molecule has 0 saturated carbocycles. The van der Waals surface area contributed by atoms with E-state index < -0.39 is 22.8 Å². The normalized spacial score (nSPS) is 11.3. The highest BCUT2D eigenvalue weighted by Crippen LogP contribution is 2.33. The lowest BCUT2D eigenvalue weighted by molar-refractivity contribution is 0.0901. The number of Topliss-reactive ketones (excluding diaryl/α,β-unsaturated/α-hetero) is 1. The Hall–Kier alpha value is -2.43. The predicted molar refractivity (Wildman–Crippen MR) is 81.1 cm³/mol. The minimum absolute atomic E-state index is 0.0566. The summed E-state index contributed by atoms with van der Waals surface area (Å²) in [5, 5.41) is 0. The molecule has 0 spiro atoms. The summed E-state index contributed by atoms with van der Waals surface area (Å²) >= 11 is 0. The number of rotatable bonds is 4. The number of benzene rings is 2. The van der Waals surface area contributed by atoms with Gasteiger partial charge >= 0.3 is 0 Å². The highest BCUT2D eigenvalue weighted by molar-refractivity contribution is 6.05. The van der Waals surface area contributed by atoms with Crippen molar-refractivity contribution in [2.75, 3.05) is 12.8 Å². The fourth-order valence-electron chi connectivity index (χ4n) is 2.27. The molecule has 2 aromatic carbocycles. The third-order valence-corrected chi connectivity index (χ3v) is 3.71. The van der Waals surface area contributed by atoms with E-state index in [2.05, 4.69) is 0 Å². The molecule has 0 aliphatic rings. The highest BCUT2D eigenvalue weighted by Gasteiger charge is 2.34. The molecule has 2 rings (SSSR count). The van der Waals surface area contributed by atoms with Gasteiger partial charge in [0.15, 0.2) is 5.78 Å². The molecule has 0 fully saturated rings. The van der Waals surface area contributed by atoms with Crippen LogP contribution in [0, 0.1) is 11.6 Å². The molecular weight excluding hydrogens is 288 g/mol. The fraction of sp³-hybridized carbons (Fsp3) is 0.235. The molecular formula is C17H17F2NO2. The van der Waals surface area contributed by atoms with Gasteiger partial charge in [0.2, 0.25) is 0 Å². The Labute approximate surface area is 127 Å². The van der Waals surface area contributed by atoms with E-state index in [4.69, 9.17) is 10.5 Å². The van der Waals surface area contributed by atoms with Crippen LogP contribution in [0.3, 0.4) is 0 Å². The van der Waals surface area contributed by atoms with Gasteiger partial charge in [-0.05, 0) is 43.7 Å². The van der Waals surface area contributed by atoms with E-state index in [1.165, 1.54) is 43.5 Å². The molecule has 0 aromatic heterocycles. The third kappa shape index (κ3) is 2.66. The summed E-state index contributed by atoms with van der Waals surface area (Å²) in [7, 11) is 1.37. The summed E-state index contributed by atoms with van der Waals surface area (Å²) in [6, 6.07) is 8.24. The number of methoxy groups -OCH3 is 1. The first kappa shape index (κ1) is 15.9. The van der Waals surface area contributed by atoms with Gasteiger partial charge in [-0.25, -0.2) is 8.78 Å². The van der Waals surface area contributed by atoms with Crippen molar-refractivity contribution in [3.05, 3.63) is 59.2 Å². The molecule has 0 unspecified atom stereocenters. The lowest BCUT2D eigenvalue weighted by Gasteiger charge is -2.25. The third-order valence-electron chi connectivity index (χ3n) is 3.71. The van der Waals surface area contributed by atoms with Crippen molar-refractivity contribution < 1.29 is 18.3 Å². The zero-order chi connectivity index (χ0) is 16.5. The first-order valence-electron chi connectivity index (χ1n) is 6.72. The van der Waals surface area contributed by atoms with Crippen molar-refractivity contribution >= 4 is 11.5 Å². The van der Waals surface area contributed by atoms with Gasteiger partial charge in [-0.1, -0.05) is 12.1 Å². The molecule has 0 saturated heterocycles. The van der Waals surface area contributed by atoms with Crippen molar-refractivity contribution in [2.24, 2.45) is 0 Å². The number of hydrogen-bond donors (Lipinski definition) is 1. The van der Waals surface area contributed by atoms with Gasteiger partial charge in [-0.3, -0.25) is 4.79 Å². The van der Waals surface area contributed by atoms with Gasteiger partial charge in [-0.15, -0.1) is 0 Å². The first-order valence-corrected chi connectivity index (χ1v) is 6.72. The van der Waals surface area contributed by atoms with Gasteiger partial charge in [0, 0.05) is 0 Å². The SMILES string of the molecule is COc1cccc(F)c1C(=O)C(C)(C)c1ccc(F)c(N)c1. The van der Waals surface area contributed by atoms with Crippen molar-refractivity contribution in [2.45, 2.75) is 19.3 Å². The number of nitrogens with two attached hydrogens (primary N) is 1. The minimum atomic E-state index is -1.09. The Morgan fingerprint density at radius 1 is 1.14 bits per heavy atom. The summed E-state index contributed by atoms with van der Waals surface area (Å²) in [5.41, 5.74) is 4.79. The Bertz CT molecular complexity index is 727. The van der Waals surface area contributed by atoms with E-state index in [-0.39, 0.29) is 17.0 Å². The number of hydrogen-bond acceptors (Lipinski definition) is 3. The monoisotopic (exact) mass is 305 g/mol. The maximum Gasteiger partial charge on any atom is 0.179 e. The summed E-state index contributed by atoms with van der Waals surface area (Å²) in [5.74, 6) is -1.52. The van der Waals surface area contributed by atoms with Gasteiger partial charge < -0.3 is 10.5 Å². The molecule has 0 amide bonds. The molecule has 116 valence electrons. The number of nitrogen functional groups attached to an aromatic ring is 1. The molecule has 22 heavy (non-hydrogen) atoms. The maximum atomic E-state index is 14.1. The molecule has 0 bridgehead atoms. The fourth-order valence-corrected chi connectivity index (χ4v) is 2.27. The van der Waals surface area contributed by atoms with Crippen LogP contribution in [0.25, 0.3) is 0 Å². The molecule has 0 aliphatic heterocycles. The van der Waals surface area contributed by atoms with E-state index >= 15 is 0 Å². The topological polar surface area (TPSA) is 52.3 Å². The van der Waals surface area contributed by atoms with Crippen molar-refractivity contribution in [3.8, 4) is 5.75 Å². The van der Waals surface area contributed by atoms with Crippen molar-refractivity contribution in [3.63, 3.8) is 0 Å². The summed E-state index contributed by atoms with van der Waals surface area (Å²) in [4.78, 5) is 12.8. The molecule has 0 atom stereocenters. The summed E-state index contributed by atoms with van der Waals surface area (Å²) in [6.45, 7) is 3.27. The van der Waals surface area contributed by atoms with Crippen LogP contribution in [0.5, 0.6) is 5.75 Å². The molecule has 0 aliphatic carbocycles. The van der Waals surface area contributed by atoms with Crippen LogP contribution in [0.2, 0.25) is 0 Å². The number of anilines is 1. The van der Waals surface area contributed by atoms with Crippen molar-refractivity contribution in [1.82, 2.24) is 0 Å². The zero-order valence-electron chi connectivity index (χ0n) is 12.6. The van der Waals surface area contributed by atoms with E-state index in [1.54, 1.807) is 13.8 Å². The van der Waals surface area contributed by atoms with Crippen LogP contribution >= 0.6 is 0 Å². The standard InChI is InChI=1S/C17H17F2NO2/c1-17(2,10-7-8-11(18)13(20)9-10)16(21)15-12(19)5-4-6-14(15)22-3/h4-9H,20H2,1-3H3.